The topological polar surface area (TPSA) is 39.2 Å². The van der Waals surface area contributed by atoms with Gasteiger partial charge in [0, 0.05) is 32.4 Å². The number of rotatable bonds is 5. The number of anilines is 3. The Balaban J connectivity index is 1.89. The molecule has 1 atom stereocenters. The third kappa shape index (κ3) is 4.11. The van der Waals surface area contributed by atoms with Crippen molar-refractivity contribution in [2.24, 2.45) is 5.10 Å². The van der Waals surface area contributed by atoms with Crippen molar-refractivity contribution >= 4 is 51.9 Å². The molecule has 3 aromatic rings. The molecule has 4 rings (SSSR count). The van der Waals surface area contributed by atoms with Crippen LogP contribution in [0.5, 0.6) is 0 Å². The molecule has 0 saturated heterocycles. The summed E-state index contributed by atoms with van der Waals surface area (Å²) < 4.78 is 0. The predicted molar refractivity (Wildman–Crippen MR) is 129 cm³/mol. The monoisotopic (exact) mass is 452 g/mol. The SMILES string of the molecule is CC(=O)C1=NN(c2ccccc2)[C@@H](c2ccc(N(C)C)cc2)N1c1ccc(Cl)c(Cl)c1. The van der Waals surface area contributed by atoms with E-state index in [0.29, 0.717) is 15.9 Å². The molecule has 31 heavy (non-hydrogen) atoms. The number of amidine groups is 1. The lowest BCUT2D eigenvalue weighted by atomic mass is 10.1. The van der Waals surface area contributed by atoms with E-state index in [2.05, 4.69) is 24.3 Å². The quantitative estimate of drug-likeness (QED) is 0.476. The Morgan fingerprint density at radius 1 is 0.903 bits per heavy atom. The minimum atomic E-state index is -0.366. The summed E-state index contributed by atoms with van der Waals surface area (Å²) in [4.78, 5) is 16.6. The molecule has 1 heterocycles. The van der Waals surface area contributed by atoms with E-state index in [1.54, 1.807) is 12.1 Å². The van der Waals surface area contributed by atoms with Gasteiger partial charge in [-0.25, -0.2) is 5.01 Å². The van der Waals surface area contributed by atoms with Crippen LogP contribution in [0.25, 0.3) is 0 Å². The summed E-state index contributed by atoms with van der Waals surface area (Å²) in [5.74, 6) is 0.198. The van der Waals surface area contributed by atoms with Crippen LogP contribution in [0.15, 0.2) is 77.9 Å². The molecule has 0 fully saturated rings. The zero-order valence-corrected chi connectivity index (χ0v) is 19.0. The van der Waals surface area contributed by atoms with Crippen LogP contribution in [0, 0.1) is 0 Å². The van der Waals surface area contributed by atoms with Gasteiger partial charge in [-0.05, 0) is 48.0 Å². The third-order valence-electron chi connectivity index (χ3n) is 5.13. The molecule has 1 aliphatic rings. The summed E-state index contributed by atoms with van der Waals surface area (Å²) in [6, 6.07) is 23.4. The number of benzene rings is 3. The molecule has 1 aliphatic heterocycles. The fourth-order valence-electron chi connectivity index (χ4n) is 3.58. The van der Waals surface area contributed by atoms with Crippen LogP contribution in [-0.4, -0.2) is 25.7 Å². The van der Waals surface area contributed by atoms with Crippen molar-refractivity contribution in [2.45, 2.75) is 13.1 Å². The van der Waals surface area contributed by atoms with Gasteiger partial charge < -0.3 is 4.90 Å². The fourth-order valence-corrected chi connectivity index (χ4v) is 3.88. The molecule has 5 nitrogen and oxygen atoms in total. The predicted octanol–water partition coefficient (Wildman–Crippen LogP) is 5.99. The largest absolute Gasteiger partial charge is 0.378 e. The lowest BCUT2D eigenvalue weighted by Crippen LogP contribution is -2.37. The fraction of sp³-hybridized carbons (Fsp3) is 0.167. The van der Waals surface area contributed by atoms with E-state index < -0.39 is 0 Å². The Labute approximate surface area is 192 Å². The first-order valence-corrected chi connectivity index (χ1v) is 10.6. The highest BCUT2D eigenvalue weighted by molar-refractivity contribution is 6.45. The standard InChI is InChI=1S/C24H22Cl2N4O/c1-16(31)23-27-30(19-7-5-4-6-8-19)24(17-9-11-18(12-10-17)28(2)3)29(23)20-13-14-21(25)22(26)15-20/h4-15,24H,1-3H3/t24-/m0/s1. The number of para-hydroxylation sites is 1. The van der Waals surface area contributed by atoms with Gasteiger partial charge in [0.25, 0.3) is 0 Å². The normalized spacial score (nSPS) is 15.8. The second-order valence-electron chi connectivity index (χ2n) is 7.49. The van der Waals surface area contributed by atoms with E-state index in [4.69, 9.17) is 28.3 Å². The highest BCUT2D eigenvalue weighted by atomic mass is 35.5. The minimum absolute atomic E-state index is 0.139. The highest BCUT2D eigenvalue weighted by Gasteiger charge is 2.39. The molecule has 0 unspecified atom stereocenters. The smallest absolute Gasteiger partial charge is 0.198 e. The molecule has 0 amide bonds. The van der Waals surface area contributed by atoms with E-state index in [9.17, 15) is 4.79 Å². The van der Waals surface area contributed by atoms with Crippen LogP contribution in [0.3, 0.4) is 0 Å². The Kier molecular flexibility index (Phi) is 5.90. The number of halogens is 2. The van der Waals surface area contributed by atoms with Gasteiger partial charge in [0.05, 0.1) is 15.7 Å². The van der Waals surface area contributed by atoms with Gasteiger partial charge in [0.2, 0.25) is 0 Å². The van der Waals surface area contributed by atoms with E-state index in [0.717, 1.165) is 22.6 Å². The van der Waals surface area contributed by atoms with Gasteiger partial charge in [-0.15, -0.1) is 5.10 Å². The zero-order chi connectivity index (χ0) is 22.1. The first kappa shape index (κ1) is 21.2. The summed E-state index contributed by atoms with van der Waals surface area (Å²) in [6.45, 7) is 1.52. The summed E-state index contributed by atoms with van der Waals surface area (Å²) >= 11 is 12.5. The first-order chi connectivity index (χ1) is 14.9. The first-order valence-electron chi connectivity index (χ1n) is 9.82. The zero-order valence-electron chi connectivity index (χ0n) is 17.5. The van der Waals surface area contributed by atoms with E-state index in [-0.39, 0.29) is 11.9 Å². The minimum Gasteiger partial charge on any atom is -0.378 e. The number of nitrogens with zero attached hydrogens (tertiary/aromatic N) is 4. The van der Waals surface area contributed by atoms with Crippen molar-refractivity contribution in [1.82, 2.24) is 0 Å². The van der Waals surface area contributed by atoms with Crippen LogP contribution >= 0.6 is 23.2 Å². The van der Waals surface area contributed by atoms with Gasteiger partial charge >= 0.3 is 0 Å². The van der Waals surface area contributed by atoms with Crippen molar-refractivity contribution in [3.63, 3.8) is 0 Å². The number of carbonyl (C=O) groups excluding carboxylic acids is 1. The maximum Gasteiger partial charge on any atom is 0.198 e. The molecule has 7 heteroatoms. The van der Waals surface area contributed by atoms with Crippen molar-refractivity contribution in [1.29, 1.82) is 0 Å². The molecule has 0 bridgehead atoms. The average Bonchev–Trinajstić information content (AvgIpc) is 3.17. The number of hydrogen-bond acceptors (Lipinski definition) is 5. The van der Waals surface area contributed by atoms with Crippen LogP contribution in [0.2, 0.25) is 10.0 Å². The molecule has 0 aromatic heterocycles. The highest BCUT2D eigenvalue weighted by Crippen LogP contribution is 2.40. The second-order valence-corrected chi connectivity index (χ2v) is 8.30. The Morgan fingerprint density at radius 2 is 1.58 bits per heavy atom. The molecular formula is C24H22Cl2N4O. The summed E-state index contributed by atoms with van der Waals surface area (Å²) in [7, 11) is 4.00. The maximum atomic E-state index is 12.6. The molecule has 0 aliphatic carbocycles. The van der Waals surface area contributed by atoms with E-state index in [1.807, 2.05) is 65.3 Å². The average molecular weight is 453 g/mol. The third-order valence-corrected chi connectivity index (χ3v) is 5.87. The maximum absolute atomic E-state index is 12.6. The Hall–Kier alpha value is -3.02. The van der Waals surface area contributed by atoms with Gasteiger partial charge in [0.1, 0.15) is 0 Å². The number of hydrogen-bond donors (Lipinski definition) is 0. The van der Waals surface area contributed by atoms with Gasteiger partial charge in [-0.1, -0.05) is 53.5 Å². The van der Waals surface area contributed by atoms with Crippen LogP contribution in [0.1, 0.15) is 18.7 Å². The van der Waals surface area contributed by atoms with E-state index >= 15 is 0 Å². The Morgan fingerprint density at radius 3 is 2.16 bits per heavy atom. The van der Waals surface area contributed by atoms with Gasteiger partial charge in [-0.3, -0.25) is 9.69 Å². The van der Waals surface area contributed by atoms with Crippen LogP contribution < -0.4 is 14.8 Å². The Bertz CT molecular complexity index is 1130. The number of Topliss-reactive ketones (excluding diaryl/α,β-unsaturated/α-hetero) is 1. The van der Waals surface area contributed by atoms with Gasteiger partial charge in [-0.2, -0.15) is 0 Å². The van der Waals surface area contributed by atoms with Crippen molar-refractivity contribution in [3.8, 4) is 0 Å². The summed E-state index contributed by atoms with van der Waals surface area (Å²) in [5.41, 5.74) is 3.69. The lowest BCUT2D eigenvalue weighted by Gasteiger charge is -2.32. The van der Waals surface area contributed by atoms with Crippen LogP contribution in [0.4, 0.5) is 17.1 Å². The number of carbonyl (C=O) groups is 1. The molecule has 0 N–H and O–H groups in total. The van der Waals surface area contributed by atoms with E-state index in [1.165, 1.54) is 6.92 Å². The van der Waals surface area contributed by atoms with Crippen molar-refractivity contribution in [3.05, 3.63) is 88.4 Å². The molecule has 0 spiro atoms. The second kappa shape index (κ2) is 8.61. The number of hydrazone groups is 1. The molecule has 0 radical (unpaired) electrons. The van der Waals surface area contributed by atoms with Gasteiger partial charge in [0.15, 0.2) is 17.8 Å². The summed E-state index contributed by atoms with van der Waals surface area (Å²) in [5, 5.41) is 7.46. The lowest BCUT2D eigenvalue weighted by molar-refractivity contribution is -0.111. The molecule has 3 aromatic carbocycles. The summed E-state index contributed by atoms with van der Waals surface area (Å²) in [6.07, 6.45) is -0.366. The molecule has 0 saturated carbocycles. The van der Waals surface area contributed by atoms with Crippen molar-refractivity contribution < 1.29 is 4.79 Å². The molecular weight excluding hydrogens is 431 g/mol. The van der Waals surface area contributed by atoms with Crippen molar-refractivity contribution in [2.75, 3.05) is 28.9 Å². The van der Waals surface area contributed by atoms with Crippen LogP contribution in [-0.2, 0) is 4.79 Å². The molecule has 158 valence electrons. The number of ketones is 1.